The van der Waals surface area contributed by atoms with E-state index in [2.05, 4.69) is 5.32 Å². The highest BCUT2D eigenvalue weighted by Gasteiger charge is 2.16. The zero-order valence-corrected chi connectivity index (χ0v) is 14.4. The van der Waals surface area contributed by atoms with Gasteiger partial charge in [0.25, 0.3) is 5.91 Å². The van der Waals surface area contributed by atoms with E-state index in [1.54, 1.807) is 6.07 Å². The van der Waals surface area contributed by atoms with Crippen molar-refractivity contribution in [2.75, 3.05) is 6.54 Å². The summed E-state index contributed by atoms with van der Waals surface area (Å²) in [5.74, 6) is -1.00. The summed E-state index contributed by atoms with van der Waals surface area (Å²) in [5.41, 5.74) is 3.02. The van der Waals surface area contributed by atoms with Gasteiger partial charge in [0.1, 0.15) is 18.7 Å². The lowest BCUT2D eigenvalue weighted by Crippen LogP contribution is -2.30. The predicted octanol–water partition coefficient (Wildman–Crippen LogP) is 2.35. The smallest absolute Gasteiger partial charge is 0.336 e. The van der Waals surface area contributed by atoms with Gasteiger partial charge < -0.3 is 18.9 Å². The molecule has 1 amide bonds. The summed E-state index contributed by atoms with van der Waals surface area (Å²) < 4.78 is 15.5. The molecule has 0 spiro atoms. The molecular weight excluding hydrogens is 350 g/mol. The van der Waals surface area contributed by atoms with E-state index in [1.165, 1.54) is 29.5 Å². The summed E-state index contributed by atoms with van der Waals surface area (Å²) in [6.07, 6.45) is 4.41. The van der Waals surface area contributed by atoms with Crippen LogP contribution in [0.1, 0.15) is 33.7 Å². The van der Waals surface area contributed by atoms with Gasteiger partial charge in [-0.15, -0.1) is 0 Å². The van der Waals surface area contributed by atoms with Crippen LogP contribution in [0.25, 0.3) is 11.0 Å². The third-order valence-electron chi connectivity index (χ3n) is 4.57. The number of rotatable bonds is 5. The fourth-order valence-electron chi connectivity index (χ4n) is 3.27. The lowest BCUT2D eigenvalue weighted by atomic mass is 10.0. The predicted molar refractivity (Wildman–Crippen MR) is 95.3 cm³/mol. The first-order valence-electron chi connectivity index (χ1n) is 8.66. The first-order chi connectivity index (χ1) is 13.1. The Morgan fingerprint density at radius 1 is 1.15 bits per heavy atom. The van der Waals surface area contributed by atoms with E-state index in [-0.39, 0.29) is 18.9 Å². The molecule has 27 heavy (non-hydrogen) atoms. The van der Waals surface area contributed by atoms with E-state index >= 15 is 0 Å². The topological polar surface area (TPSA) is 98.8 Å². The number of ether oxygens (including phenoxy) is 1. The van der Waals surface area contributed by atoms with E-state index < -0.39 is 17.5 Å². The van der Waals surface area contributed by atoms with Crippen LogP contribution >= 0.6 is 0 Å². The molecule has 0 atom stereocenters. The molecule has 0 saturated heterocycles. The molecule has 3 aromatic rings. The van der Waals surface area contributed by atoms with Gasteiger partial charge in [0.05, 0.1) is 6.26 Å². The van der Waals surface area contributed by atoms with Crippen LogP contribution in [0.2, 0.25) is 0 Å². The lowest BCUT2D eigenvalue weighted by molar-refractivity contribution is -0.143. The Bertz CT molecular complexity index is 1060. The van der Waals surface area contributed by atoms with Crippen molar-refractivity contribution < 1.29 is 23.2 Å². The van der Waals surface area contributed by atoms with Gasteiger partial charge in [-0.1, -0.05) is 0 Å². The number of amides is 1. The molecule has 0 radical (unpaired) electrons. The van der Waals surface area contributed by atoms with Crippen LogP contribution in [-0.2, 0) is 29.0 Å². The quantitative estimate of drug-likeness (QED) is 0.549. The first kappa shape index (κ1) is 17.1. The zero-order valence-electron chi connectivity index (χ0n) is 14.4. The Kier molecular flexibility index (Phi) is 4.50. The van der Waals surface area contributed by atoms with Crippen molar-refractivity contribution in [2.24, 2.45) is 0 Å². The third-order valence-corrected chi connectivity index (χ3v) is 4.57. The largest absolute Gasteiger partial charge is 0.459 e. The molecule has 7 heteroatoms. The molecular formula is C20H17NO6. The Balaban J connectivity index is 1.44. The van der Waals surface area contributed by atoms with E-state index in [1.807, 2.05) is 12.1 Å². The minimum atomic E-state index is -0.613. The average Bonchev–Trinajstić information content (AvgIpc) is 3.33. The molecule has 7 nitrogen and oxygen atoms in total. The molecule has 2 heterocycles. The number of esters is 1. The van der Waals surface area contributed by atoms with Gasteiger partial charge in [0.2, 0.25) is 0 Å². The summed E-state index contributed by atoms with van der Waals surface area (Å²) in [4.78, 5) is 35.5. The lowest BCUT2D eigenvalue weighted by Gasteiger charge is -2.09. The highest BCUT2D eigenvalue weighted by molar-refractivity contribution is 5.93. The molecule has 1 N–H and O–H groups in total. The van der Waals surface area contributed by atoms with Crippen molar-refractivity contribution in [3.63, 3.8) is 0 Å². The van der Waals surface area contributed by atoms with Crippen molar-refractivity contribution in [3.05, 3.63) is 69.5 Å². The van der Waals surface area contributed by atoms with Crippen LogP contribution in [0.4, 0.5) is 0 Å². The normalized spacial score (nSPS) is 12.7. The fourth-order valence-corrected chi connectivity index (χ4v) is 3.27. The summed E-state index contributed by atoms with van der Waals surface area (Å²) in [5, 5.41) is 3.18. The van der Waals surface area contributed by atoms with Gasteiger partial charge in [-0.05, 0) is 54.7 Å². The molecule has 0 aliphatic heterocycles. The molecule has 1 aliphatic rings. The Hall–Kier alpha value is -3.35. The standard InChI is InChI=1S/C20H17NO6/c22-18-9-14(15-7-12-3-1-4-13(12)8-17(15)27-18)11-26-19(23)10-21-20(24)16-5-2-6-25-16/h2,5-9H,1,3-4,10-11H2,(H,21,24). The van der Waals surface area contributed by atoms with Crippen molar-refractivity contribution >= 4 is 22.8 Å². The van der Waals surface area contributed by atoms with Crippen molar-refractivity contribution in [2.45, 2.75) is 25.9 Å². The fraction of sp³-hybridized carbons (Fsp3) is 0.250. The van der Waals surface area contributed by atoms with Crippen LogP contribution in [0.3, 0.4) is 0 Å². The maximum absolute atomic E-state index is 11.9. The van der Waals surface area contributed by atoms with Gasteiger partial charge in [0, 0.05) is 17.0 Å². The second-order valence-corrected chi connectivity index (χ2v) is 6.38. The van der Waals surface area contributed by atoms with Crippen LogP contribution in [0.15, 0.2) is 50.2 Å². The van der Waals surface area contributed by atoms with E-state index in [0.717, 1.165) is 24.6 Å². The molecule has 0 unspecified atom stereocenters. The SMILES string of the molecule is O=C(CNC(=O)c1ccco1)OCc1cc(=O)oc2cc3c(cc12)CCC3. The molecule has 0 fully saturated rings. The van der Waals surface area contributed by atoms with Crippen LogP contribution < -0.4 is 10.9 Å². The number of carbonyl (C=O) groups excluding carboxylic acids is 2. The second-order valence-electron chi connectivity index (χ2n) is 6.38. The Labute approximate surface area is 153 Å². The number of hydrogen-bond donors (Lipinski definition) is 1. The monoisotopic (exact) mass is 367 g/mol. The van der Waals surface area contributed by atoms with E-state index in [0.29, 0.717) is 11.1 Å². The molecule has 138 valence electrons. The highest BCUT2D eigenvalue weighted by Crippen LogP contribution is 2.28. The van der Waals surface area contributed by atoms with Crippen LogP contribution in [-0.4, -0.2) is 18.4 Å². The number of carbonyl (C=O) groups is 2. The first-order valence-corrected chi connectivity index (χ1v) is 8.66. The van der Waals surface area contributed by atoms with Gasteiger partial charge in [-0.2, -0.15) is 0 Å². The summed E-state index contributed by atoms with van der Waals surface area (Å²) in [6, 6.07) is 8.30. The van der Waals surface area contributed by atoms with Gasteiger partial charge in [-0.25, -0.2) is 4.79 Å². The minimum absolute atomic E-state index is 0.0731. The van der Waals surface area contributed by atoms with Gasteiger partial charge in [0.15, 0.2) is 5.76 Å². The molecule has 2 aromatic heterocycles. The van der Waals surface area contributed by atoms with Gasteiger partial charge in [-0.3, -0.25) is 9.59 Å². The molecule has 4 rings (SSSR count). The Morgan fingerprint density at radius 2 is 1.96 bits per heavy atom. The number of fused-ring (bicyclic) bond motifs is 2. The van der Waals surface area contributed by atoms with Crippen molar-refractivity contribution in [1.82, 2.24) is 5.32 Å². The minimum Gasteiger partial charge on any atom is -0.459 e. The molecule has 1 aromatic carbocycles. The number of furan rings is 1. The number of hydrogen-bond acceptors (Lipinski definition) is 6. The highest BCUT2D eigenvalue weighted by atomic mass is 16.5. The van der Waals surface area contributed by atoms with Crippen LogP contribution in [0.5, 0.6) is 0 Å². The van der Waals surface area contributed by atoms with Crippen molar-refractivity contribution in [1.29, 1.82) is 0 Å². The summed E-state index contributed by atoms with van der Waals surface area (Å²) >= 11 is 0. The maximum atomic E-state index is 11.9. The maximum Gasteiger partial charge on any atom is 0.336 e. The summed E-state index contributed by atoms with van der Waals surface area (Å²) in [7, 11) is 0. The molecule has 0 saturated carbocycles. The molecule has 0 bridgehead atoms. The Morgan fingerprint density at radius 3 is 2.74 bits per heavy atom. The zero-order chi connectivity index (χ0) is 18.8. The third kappa shape index (κ3) is 3.62. The van der Waals surface area contributed by atoms with E-state index in [4.69, 9.17) is 13.6 Å². The van der Waals surface area contributed by atoms with E-state index in [9.17, 15) is 14.4 Å². The number of nitrogens with one attached hydrogen (secondary N) is 1. The van der Waals surface area contributed by atoms with Crippen LogP contribution in [0, 0.1) is 0 Å². The average molecular weight is 367 g/mol. The second kappa shape index (κ2) is 7.11. The molecule has 1 aliphatic carbocycles. The van der Waals surface area contributed by atoms with Crippen molar-refractivity contribution in [3.8, 4) is 0 Å². The number of aryl methyl sites for hydroxylation is 2. The van der Waals surface area contributed by atoms with Gasteiger partial charge >= 0.3 is 11.6 Å². The number of benzene rings is 1. The summed E-state index contributed by atoms with van der Waals surface area (Å²) in [6.45, 7) is -0.370.